The summed E-state index contributed by atoms with van der Waals surface area (Å²) in [4.78, 5) is 33.9. The molecule has 120 valence electrons. The number of rotatable bonds is 5. The van der Waals surface area contributed by atoms with E-state index >= 15 is 0 Å². The molecule has 0 bridgehead atoms. The van der Waals surface area contributed by atoms with Crippen molar-refractivity contribution in [3.8, 4) is 0 Å². The third-order valence-electron chi connectivity index (χ3n) is 2.22. The number of anilines is 1. The molecule has 0 aliphatic rings. The van der Waals surface area contributed by atoms with Crippen molar-refractivity contribution in [3.63, 3.8) is 0 Å². The lowest BCUT2D eigenvalue weighted by atomic mass is 10.2. The molecular weight excluding hydrogens is 314 g/mol. The zero-order chi connectivity index (χ0) is 16.8. The minimum atomic E-state index is -3.47. The van der Waals surface area contributed by atoms with Crippen LogP contribution in [0.25, 0.3) is 0 Å². The molecule has 0 saturated carbocycles. The van der Waals surface area contributed by atoms with E-state index in [0.717, 1.165) is 6.26 Å². The third kappa shape index (κ3) is 6.22. The Balaban J connectivity index is 2.64. The zero-order valence-corrected chi connectivity index (χ0v) is 12.7. The van der Waals surface area contributed by atoms with E-state index < -0.39 is 34.5 Å². The number of benzene rings is 1. The number of hydrogen-bond donors (Lipinski definition) is 3. The number of sulfonamides is 1. The maximum Gasteiger partial charge on any atom is 0.338 e. The number of hydrogen-bond acceptors (Lipinski definition) is 6. The summed E-state index contributed by atoms with van der Waals surface area (Å²) in [6.45, 7) is -0.643. The summed E-state index contributed by atoms with van der Waals surface area (Å²) in [6, 6.07) is 4.84. The zero-order valence-electron chi connectivity index (χ0n) is 11.9. The largest absolute Gasteiger partial charge is 0.452 e. The lowest BCUT2D eigenvalue weighted by Gasteiger charge is -2.07. The molecule has 0 aliphatic heterocycles. The van der Waals surface area contributed by atoms with Crippen LogP contribution in [0.3, 0.4) is 0 Å². The van der Waals surface area contributed by atoms with Crippen LogP contribution in [0.4, 0.5) is 10.5 Å². The first-order valence-corrected chi connectivity index (χ1v) is 7.87. The molecule has 1 aromatic carbocycles. The highest BCUT2D eigenvalue weighted by atomic mass is 32.2. The van der Waals surface area contributed by atoms with Gasteiger partial charge in [0, 0.05) is 12.7 Å². The molecule has 0 spiro atoms. The Morgan fingerprint density at radius 2 is 1.91 bits per heavy atom. The Hall–Kier alpha value is -2.62. The van der Waals surface area contributed by atoms with Gasteiger partial charge in [0.25, 0.3) is 5.91 Å². The van der Waals surface area contributed by atoms with Crippen LogP contribution >= 0.6 is 0 Å². The number of carbonyl (C=O) groups excluding carboxylic acids is 3. The molecule has 1 rings (SSSR count). The summed E-state index contributed by atoms with van der Waals surface area (Å²) in [5.74, 6) is -1.62. The van der Waals surface area contributed by atoms with Crippen LogP contribution in [0.1, 0.15) is 10.4 Å². The molecule has 3 amide bonds. The van der Waals surface area contributed by atoms with Gasteiger partial charge in [0.15, 0.2) is 6.61 Å². The van der Waals surface area contributed by atoms with Crippen molar-refractivity contribution < 1.29 is 27.5 Å². The fourth-order valence-electron chi connectivity index (χ4n) is 1.36. The number of nitrogens with one attached hydrogen (secondary N) is 3. The molecule has 10 heteroatoms. The van der Waals surface area contributed by atoms with E-state index in [1.165, 1.54) is 31.3 Å². The molecule has 0 heterocycles. The Kier molecular flexibility index (Phi) is 5.87. The van der Waals surface area contributed by atoms with Gasteiger partial charge in [-0.15, -0.1) is 0 Å². The summed E-state index contributed by atoms with van der Waals surface area (Å²) in [5, 5.41) is 4.09. The first-order chi connectivity index (χ1) is 10.2. The Morgan fingerprint density at radius 3 is 2.50 bits per heavy atom. The van der Waals surface area contributed by atoms with Crippen LogP contribution in [0, 0.1) is 0 Å². The highest BCUT2D eigenvalue weighted by molar-refractivity contribution is 7.92. The predicted molar refractivity (Wildman–Crippen MR) is 77.8 cm³/mol. The topological polar surface area (TPSA) is 131 Å². The molecular formula is C12H15N3O6S. The van der Waals surface area contributed by atoms with E-state index in [9.17, 15) is 22.8 Å². The van der Waals surface area contributed by atoms with Crippen LogP contribution < -0.4 is 15.4 Å². The molecule has 0 unspecified atom stereocenters. The second-order valence-corrected chi connectivity index (χ2v) is 5.91. The quantitative estimate of drug-likeness (QED) is 0.634. The number of amides is 3. The maximum atomic E-state index is 11.7. The van der Waals surface area contributed by atoms with Crippen LogP contribution in [0.5, 0.6) is 0 Å². The van der Waals surface area contributed by atoms with Gasteiger partial charge in [0.2, 0.25) is 10.0 Å². The predicted octanol–water partition coefficient (Wildman–Crippen LogP) is -0.329. The molecule has 1 aromatic rings. The number of imide groups is 1. The summed E-state index contributed by atoms with van der Waals surface area (Å²) < 4.78 is 29.1. The highest BCUT2D eigenvalue weighted by Gasteiger charge is 2.13. The Labute approximate surface area is 127 Å². The average Bonchev–Trinajstić information content (AvgIpc) is 2.43. The monoisotopic (exact) mass is 329 g/mol. The lowest BCUT2D eigenvalue weighted by molar-refractivity contribution is -0.123. The number of carbonyl (C=O) groups is 3. The van der Waals surface area contributed by atoms with Crippen molar-refractivity contribution in [2.45, 2.75) is 0 Å². The van der Waals surface area contributed by atoms with Crippen molar-refractivity contribution in [2.75, 3.05) is 24.6 Å². The van der Waals surface area contributed by atoms with E-state index in [2.05, 4.69) is 10.0 Å². The number of urea groups is 1. The van der Waals surface area contributed by atoms with Gasteiger partial charge in [-0.3, -0.25) is 14.8 Å². The van der Waals surface area contributed by atoms with Crippen LogP contribution in [0.15, 0.2) is 24.3 Å². The van der Waals surface area contributed by atoms with Gasteiger partial charge < -0.3 is 10.1 Å². The van der Waals surface area contributed by atoms with Crippen molar-refractivity contribution in [1.29, 1.82) is 0 Å². The molecule has 0 aromatic heterocycles. The molecule has 3 N–H and O–H groups in total. The average molecular weight is 329 g/mol. The summed E-state index contributed by atoms with van der Waals surface area (Å²) in [5.41, 5.74) is 0.244. The molecule has 22 heavy (non-hydrogen) atoms. The normalized spacial score (nSPS) is 10.5. The minimum Gasteiger partial charge on any atom is -0.452 e. The van der Waals surface area contributed by atoms with Crippen molar-refractivity contribution >= 4 is 33.6 Å². The second kappa shape index (κ2) is 7.41. The Morgan fingerprint density at radius 1 is 1.23 bits per heavy atom. The van der Waals surface area contributed by atoms with Gasteiger partial charge in [0.1, 0.15) is 0 Å². The van der Waals surface area contributed by atoms with Gasteiger partial charge in [-0.05, 0) is 18.2 Å². The minimum absolute atomic E-state index is 0.0568. The second-order valence-electron chi connectivity index (χ2n) is 4.16. The lowest BCUT2D eigenvalue weighted by Crippen LogP contribution is -2.39. The van der Waals surface area contributed by atoms with Crippen LogP contribution in [-0.4, -0.2) is 46.2 Å². The van der Waals surface area contributed by atoms with Gasteiger partial charge in [-0.1, -0.05) is 6.07 Å². The highest BCUT2D eigenvalue weighted by Crippen LogP contribution is 2.12. The fourth-order valence-corrected chi connectivity index (χ4v) is 1.92. The van der Waals surface area contributed by atoms with Gasteiger partial charge in [-0.25, -0.2) is 18.0 Å². The molecule has 0 aliphatic carbocycles. The third-order valence-corrected chi connectivity index (χ3v) is 2.82. The summed E-state index contributed by atoms with van der Waals surface area (Å²) >= 11 is 0. The number of ether oxygens (including phenoxy) is 1. The van der Waals surface area contributed by atoms with E-state index in [-0.39, 0.29) is 11.3 Å². The molecule has 0 atom stereocenters. The fraction of sp³-hybridized carbons (Fsp3) is 0.250. The van der Waals surface area contributed by atoms with E-state index in [1.807, 2.05) is 5.32 Å². The maximum absolute atomic E-state index is 11.7. The number of esters is 1. The first kappa shape index (κ1) is 17.4. The SMILES string of the molecule is CNC(=O)NC(=O)COC(=O)c1cccc(NS(C)(=O)=O)c1. The van der Waals surface area contributed by atoms with E-state index in [1.54, 1.807) is 0 Å². The van der Waals surface area contributed by atoms with Gasteiger partial charge in [0.05, 0.1) is 11.8 Å². The molecule has 0 radical (unpaired) electrons. The molecule has 9 nitrogen and oxygen atoms in total. The van der Waals surface area contributed by atoms with Gasteiger partial charge in [-0.2, -0.15) is 0 Å². The first-order valence-electron chi connectivity index (χ1n) is 5.98. The smallest absolute Gasteiger partial charge is 0.338 e. The van der Waals surface area contributed by atoms with Crippen LogP contribution in [0.2, 0.25) is 0 Å². The molecule has 0 fully saturated rings. The van der Waals surface area contributed by atoms with Crippen molar-refractivity contribution in [3.05, 3.63) is 29.8 Å². The summed E-state index contributed by atoms with van der Waals surface area (Å²) in [7, 11) is -2.14. The van der Waals surface area contributed by atoms with Crippen molar-refractivity contribution in [2.24, 2.45) is 0 Å². The van der Waals surface area contributed by atoms with Crippen LogP contribution in [-0.2, 0) is 19.6 Å². The Bertz CT molecular complexity index is 686. The van der Waals surface area contributed by atoms with E-state index in [4.69, 9.17) is 4.74 Å². The molecule has 0 saturated heterocycles. The van der Waals surface area contributed by atoms with Crippen molar-refractivity contribution in [1.82, 2.24) is 10.6 Å². The van der Waals surface area contributed by atoms with E-state index in [0.29, 0.717) is 0 Å². The summed E-state index contributed by atoms with van der Waals surface area (Å²) in [6.07, 6.45) is 0.973. The standard InChI is InChI=1S/C12H15N3O6S/c1-13-12(18)14-10(16)7-21-11(17)8-4-3-5-9(6-8)15-22(2,19)20/h3-6,15H,7H2,1-2H3,(H2,13,14,16,18). The van der Waals surface area contributed by atoms with Gasteiger partial charge >= 0.3 is 12.0 Å².